The molecule has 4 heteroatoms. The molecule has 1 heterocycles. The molecule has 2 fully saturated rings. The zero-order valence-electron chi connectivity index (χ0n) is 11.9. The molecule has 2 N–H and O–H groups in total. The normalized spacial score (nSPS) is 18.9. The highest BCUT2D eigenvalue weighted by Gasteiger charge is 2.21. The zero-order valence-corrected chi connectivity index (χ0v) is 11.9. The minimum Gasteiger partial charge on any atom is -0.370 e. The van der Waals surface area contributed by atoms with Gasteiger partial charge in [0.2, 0.25) is 5.91 Å². The van der Waals surface area contributed by atoms with E-state index in [0.29, 0.717) is 12.6 Å². The molecule has 20 heavy (non-hydrogen) atoms. The Morgan fingerprint density at radius 2 is 1.90 bits per heavy atom. The van der Waals surface area contributed by atoms with Crippen molar-refractivity contribution in [3.8, 4) is 0 Å². The van der Waals surface area contributed by atoms with Crippen molar-refractivity contribution in [3.63, 3.8) is 0 Å². The SMILES string of the molecule is O=C(CNC1CC1)Nc1ccccc1N1CCCCC1. The number of benzene rings is 1. The molecule has 1 saturated heterocycles. The number of para-hydroxylation sites is 2. The topological polar surface area (TPSA) is 44.4 Å². The van der Waals surface area contributed by atoms with Crippen LogP contribution in [0.2, 0.25) is 0 Å². The molecule has 108 valence electrons. The van der Waals surface area contributed by atoms with Gasteiger partial charge in [-0.3, -0.25) is 4.79 Å². The Morgan fingerprint density at radius 1 is 1.15 bits per heavy atom. The molecule has 1 saturated carbocycles. The van der Waals surface area contributed by atoms with Crippen LogP contribution in [0.25, 0.3) is 0 Å². The van der Waals surface area contributed by atoms with Crippen molar-refractivity contribution in [3.05, 3.63) is 24.3 Å². The van der Waals surface area contributed by atoms with Crippen LogP contribution >= 0.6 is 0 Å². The number of piperidine rings is 1. The molecule has 1 aliphatic carbocycles. The fraction of sp³-hybridized carbons (Fsp3) is 0.562. The van der Waals surface area contributed by atoms with Gasteiger partial charge in [-0.15, -0.1) is 0 Å². The van der Waals surface area contributed by atoms with Gasteiger partial charge in [0.1, 0.15) is 0 Å². The van der Waals surface area contributed by atoms with Crippen molar-refractivity contribution in [1.29, 1.82) is 0 Å². The van der Waals surface area contributed by atoms with Gasteiger partial charge in [0, 0.05) is 19.1 Å². The second kappa shape index (κ2) is 6.27. The molecule has 1 aliphatic heterocycles. The van der Waals surface area contributed by atoms with Crippen LogP contribution < -0.4 is 15.5 Å². The highest BCUT2D eigenvalue weighted by atomic mass is 16.1. The third kappa shape index (κ3) is 3.51. The van der Waals surface area contributed by atoms with Crippen LogP contribution in [0.1, 0.15) is 32.1 Å². The summed E-state index contributed by atoms with van der Waals surface area (Å²) in [5.74, 6) is 0.0568. The number of anilines is 2. The van der Waals surface area contributed by atoms with Gasteiger partial charge in [-0.1, -0.05) is 12.1 Å². The van der Waals surface area contributed by atoms with E-state index in [4.69, 9.17) is 0 Å². The van der Waals surface area contributed by atoms with Crippen molar-refractivity contribution < 1.29 is 4.79 Å². The van der Waals surface area contributed by atoms with Crippen LogP contribution in [0.4, 0.5) is 11.4 Å². The molecule has 0 unspecified atom stereocenters. The highest BCUT2D eigenvalue weighted by Crippen LogP contribution is 2.28. The van der Waals surface area contributed by atoms with E-state index in [1.54, 1.807) is 0 Å². The molecule has 1 aromatic rings. The monoisotopic (exact) mass is 273 g/mol. The predicted molar refractivity (Wildman–Crippen MR) is 82.2 cm³/mol. The van der Waals surface area contributed by atoms with E-state index in [2.05, 4.69) is 21.6 Å². The minimum absolute atomic E-state index is 0.0568. The number of carbonyl (C=O) groups is 1. The van der Waals surface area contributed by atoms with Gasteiger partial charge in [-0.05, 0) is 44.2 Å². The zero-order chi connectivity index (χ0) is 13.8. The van der Waals surface area contributed by atoms with Crippen molar-refractivity contribution >= 4 is 17.3 Å². The summed E-state index contributed by atoms with van der Waals surface area (Å²) in [6, 6.07) is 8.70. The van der Waals surface area contributed by atoms with E-state index >= 15 is 0 Å². The fourth-order valence-corrected chi connectivity index (χ4v) is 2.71. The number of amides is 1. The van der Waals surface area contributed by atoms with Gasteiger partial charge in [0.05, 0.1) is 17.9 Å². The summed E-state index contributed by atoms with van der Waals surface area (Å²) in [4.78, 5) is 14.4. The predicted octanol–water partition coefficient (Wildman–Crippen LogP) is 2.37. The van der Waals surface area contributed by atoms with E-state index < -0.39 is 0 Å². The highest BCUT2D eigenvalue weighted by molar-refractivity contribution is 5.95. The van der Waals surface area contributed by atoms with Crippen molar-refractivity contribution in [1.82, 2.24) is 5.32 Å². The summed E-state index contributed by atoms with van der Waals surface area (Å²) in [6.45, 7) is 2.60. The number of carbonyl (C=O) groups excluding carboxylic acids is 1. The second-order valence-corrected chi connectivity index (χ2v) is 5.77. The molecular weight excluding hydrogens is 250 g/mol. The average molecular weight is 273 g/mol. The van der Waals surface area contributed by atoms with E-state index in [1.807, 2.05) is 18.2 Å². The molecule has 2 aliphatic rings. The van der Waals surface area contributed by atoms with Crippen LogP contribution in [0, 0.1) is 0 Å². The Bertz CT molecular complexity index is 465. The Hall–Kier alpha value is -1.55. The molecule has 0 radical (unpaired) electrons. The first kappa shape index (κ1) is 13.4. The van der Waals surface area contributed by atoms with Crippen LogP contribution in [0.5, 0.6) is 0 Å². The third-order valence-electron chi connectivity index (χ3n) is 4.00. The Morgan fingerprint density at radius 3 is 2.65 bits per heavy atom. The van der Waals surface area contributed by atoms with E-state index in [-0.39, 0.29) is 5.91 Å². The minimum atomic E-state index is 0.0568. The summed E-state index contributed by atoms with van der Waals surface area (Å²) < 4.78 is 0. The molecule has 0 atom stereocenters. The molecule has 0 aromatic heterocycles. The summed E-state index contributed by atoms with van der Waals surface area (Å²) in [6.07, 6.45) is 6.21. The van der Waals surface area contributed by atoms with Crippen LogP contribution in [-0.2, 0) is 4.79 Å². The molecular formula is C16H23N3O. The summed E-state index contributed by atoms with van der Waals surface area (Å²) in [5, 5.41) is 6.30. The van der Waals surface area contributed by atoms with Gasteiger partial charge in [0.25, 0.3) is 0 Å². The van der Waals surface area contributed by atoms with Crippen molar-refractivity contribution in [2.24, 2.45) is 0 Å². The largest absolute Gasteiger partial charge is 0.370 e. The number of nitrogens with zero attached hydrogens (tertiary/aromatic N) is 1. The average Bonchev–Trinajstić information content (AvgIpc) is 3.31. The van der Waals surface area contributed by atoms with E-state index in [9.17, 15) is 4.79 Å². The quantitative estimate of drug-likeness (QED) is 0.865. The maximum atomic E-state index is 12.0. The first-order chi connectivity index (χ1) is 9.83. The van der Waals surface area contributed by atoms with Crippen LogP contribution in [-0.4, -0.2) is 31.6 Å². The third-order valence-corrected chi connectivity index (χ3v) is 4.00. The standard InChI is InChI=1S/C16H23N3O/c20-16(12-17-13-8-9-13)18-14-6-2-3-7-15(14)19-10-4-1-5-11-19/h2-3,6-7,13,17H,1,4-5,8-12H2,(H,18,20). The van der Waals surface area contributed by atoms with Gasteiger partial charge in [0.15, 0.2) is 0 Å². The Balaban J connectivity index is 1.63. The van der Waals surface area contributed by atoms with E-state index in [1.165, 1.54) is 32.1 Å². The molecule has 4 nitrogen and oxygen atoms in total. The van der Waals surface area contributed by atoms with Gasteiger partial charge >= 0.3 is 0 Å². The lowest BCUT2D eigenvalue weighted by molar-refractivity contribution is -0.115. The maximum absolute atomic E-state index is 12.0. The Kier molecular flexibility index (Phi) is 4.21. The summed E-state index contributed by atoms with van der Waals surface area (Å²) in [7, 11) is 0. The molecule has 1 aromatic carbocycles. The van der Waals surface area contributed by atoms with Gasteiger partial charge in [-0.25, -0.2) is 0 Å². The van der Waals surface area contributed by atoms with Crippen LogP contribution in [0.3, 0.4) is 0 Å². The van der Waals surface area contributed by atoms with Crippen molar-refractivity contribution in [2.75, 3.05) is 29.9 Å². The molecule has 3 rings (SSSR count). The first-order valence-electron chi connectivity index (χ1n) is 7.70. The number of rotatable bonds is 5. The van der Waals surface area contributed by atoms with Crippen LogP contribution in [0.15, 0.2) is 24.3 Å². The van der Waals surface area contributed by atoms with Crippen molar-refractivity contribution in [2.45, 2.75) is 38.1 Å². The summed E-state index contributed by atoms with van der Waals surface area (Å²) in [5.41, 5.74) is 2.10. The molecule has 1 amide bonds. The fourth-order valence-electron chi connectivity index (χ4n) is 2.71. The number of nitrogens with one attached hydrogen (secondary N) is 2. The number of hydrogen-bond acceptors (Lipinski definition) is 3. The smallest absolute Gasteiger partial charge is 0.238 e. The molecule has 0 spiro atoms. The maximum Gasteiger partial charge on any atom is 0.238 e. The summed E-state index contributed by atoms with van der Waals surface area (Å²) >= 11 is 0. The first-order valence-corrected chi connectivity index (χ1v) is 7.70. The van der Waals surface area contributed by atoms with Gasteiger partial charge in [-0.2, -0.15) is 0 Å². The number of hydrogen-bond donors (Lipinski definition) is 2. The van der Waals surface area contributed by atoms with E-state index in [0.717, 1.165) is 24.5 Å². The lowest BCUT2D eigenvalue weighted by Crippen LogP contribution is -2.32. The lowest BCUT2D eigenvalue weighted by atomic mass is 10.1. The Labute approximate surface area is 120 Å². The van der Waals surface area contributed by atoms with Gasteiger partial charge < -0.3 is 15.5 Å². The lowest BCUT2D eigenvalue weighted by Gasteiger charge is -2.30. The second-order valence-electron chi connectivity index (χ2n) is 5.77. The molecule has 0 bridgehead atoms.